The molecule has 2 aliphatic rings. The van der Waals surface area contributed by atoms with Gasteiger partial charge < -0.3 is 15.0 Å². The molecule has 0 radical (unpaired) electrons. The Morgan fingerprint density at radius 2 is 1.89 bits per heavy atom. The third-order valence-corrected chi connectivity index (χ3v) is 6.47. The first-order chi connectivity index (χ1) is 17.4. The van der Waals surface area contributed by atoms with Crippen LogP contribution in [-0.2, 0) is 0 Å². The van der Waals surface area contributed by atoms with Gasteiger partial charge in [0.25, 0.3) is 5.91 Å². The highest BCUT2D eigenvalue weighted by molar-refractivity contribution is 6.00. The molecule has 3 aromatic rings. The molecule has 10 heteroatoms. The van der Waals surface area contributed by atoms with E-state index in [0.29, 0.717) is 60.4 Å². The summed E-state index contributed by atoms with van der Waals surface area (Å²) < 4.78 is 20.1. The average Bonchev–Trinajstić information content (AvgIpc) is 2.90. The van der Waals surface area contributed by atoms with E-state index in [0.717, 1.165) is 19.3 Å². The highest BCUT2D eigenvalue weighted by atomic mass is 19.1. The minimum atomic E-state index is -0.603. The van der Waals surface area contributed by atoms with E-state index in [1.54, 1.807) is 30.3 Å². The molecule has 0 unspecified atom stereocenters. The molecular formula is C26H27FN6O3. The number of nitrogens with zero attached hydrogens (tertiary/aromatic N) is 5. The number of anilines is 2. The molecule has 0 saturated carbocycles. The molecule has 36 heavy (non-hydrogen) atoms. The third kappa shape index (κ3) is 4.90. The molecule has 186 valence electrons. The summed E-state index contributed by atoms with van der Waals surface area (Å²) in [5.41, 5.74) is 1.53. The van der Waals surface area contributed by atoms with E-state index >= 15 is 0 Å². The van der Waals surface area contributed by atoms with Gasteiger partial charge in [-0.25, -0.2) is 19.3 Å². The fraction of sp³-hybridized carbons (Fsp3) is 0.346. The molecular weight excluding hydrogens is 463 g/mol. The zero-order valence-corrected chi connectivity index (χ0v) is 20.2. The van der Waals surface area contributed by atoms with E-state index in [1.807, 2.05) is 4.90 Å². The number of fused-ring (bicyclic) bond motifs is 1. The number of nitrogens with one attached hydrogen (secondary N) is 1. The van der Waals surface area contributed by atoms with Crippen molar-refractivity contribution >= 4 is 23.5 Å². The van der Waals surface area contributed by atoms with E-state index in [1.165, 1.54) is 6.20 Å². The average molecular weight is 491 g/mol. The van der Waals surface area contributed by atoms with Crippen LogP contribution in [0, 0.1) is 5.82 Å². The molecule has 0 aliphatic carbocycles. The fourth-order valence-electron chi connectivity index (χ4n) is 4.37. The maximum atomic E-state index is 14.6. The molecule has 0 spiro atoms. The van der Waals surface area contributed by atoms with E-state index < -0.39 is 5.82 Å². The van der Waals surface area contributed by atoms with Gasteiger partial charge in [-0.1, -0.05) is 6.07 Å². The fourth-order valence-corrected chi connectivity index (χ4v) is 4.37. The predicted molar refractivity (Wildman–Crippen MR) is 132 cm³/mol. The van der Waals surface area contributed by atoms with Gasteiger partial charge in [-0.05, 0) is 38.1 Å². The Morgan fingerprint density at radius 3 is 2.61 bits per heavy atom. The summed E-state index contributed by atoms with van der Waals surface area (Å²) in [5, 5.41) is 2.96. The second-order valence-electron chi connectivity index (χ2n) is 9.10. The first-order valence-electron chi connectivity index (χ1n) is 12.0. The van der Waals surface area contributed by atoms with Gasteiger partial charge in [-0.3, -0.25) is 14.5 Å². The maximum Gasteiger partial charge on any atom is 0.255 e. The topological polar surface area (TPSA) is 101 Å². The van der Waals surface area contributed by atoms with Crippen molar-refractivity contribution in [3.05, 3.63) is 59.7 Å². The number of pyridine rings is 1. The molecule has 9 nitrogen and oxygen atoms in total. The number of rotatable bonds is 5. The Morgan fingerprint density at radius 1 is 1.08 bits per heavy atom. The maximum absolute atomic E-state index is 14.6. The van der Waals surface area contributed by atoms with Crippen molar-refractivity contribution in [1.82, 2.24) is 24.8 Å². The van der Waals surface area contributed by atoms with Gasteiger partial charge in [0.1, 0.15) is 17.3 Å². The summed E-state index contributed by atoms with van der Waals surface area (Å²) in [7, 11) is 0. The minimum Gasteiger partial charge on any atom is -0.492 e. The third-order valence-electron chi connectivity index (χ3n) is 6.47. The van der Waals surface area contributed by atoms with E-state index in [-0.39, 0.29) is 23.3 Å². The standard InChI is InChI=1S/C26H27FN6O3/c1-16(2)32-8-10-33(11-9-32)25(35)18-4-6-23(28-14-18)30-26-29-15-20(27)24(31-26)17-3-5-19-21(34)7-12-36-22(19)13-17/h3-6,13-16H,7-12H2,1-2H3,(H,28,29,30,31). The number of aromatic nitrogens is 3. The number of carbonyl (C=O) groups is 2. The van der Waals surface area contributed by atoms with E-state index in [2.05, 4.69) is 39.0 Å². The highest BCUT2D eigenvalue weighted by Gasteiger charge is 2.24. The molecule has 1 fully saturated rings. The summed E-state index contributed by atoms with van der Waals surface area (Å²) in [6, 6.07) is 8.72. The number of hydrogen-bond acceptors (Lipinski definition) is 8. The lowest BCUT2D eigenvalue weighted by molar-refractivity contribution is 0.0595. The van der Waals surface area contributed by atoms with Crippen LogP contribution in [-0.4, -0.2) is 75.3 Å². The number of ether oxygens (including phenoxy) is 1. The second-order valence-corrected chi connectivity index (χ2v) is 9.10. The lowest BCUT2D eigenvalue weighted by Gasteiger charge is -2.36. The monoisotopic (exact) mass is 490 g/mol. The van der Waals surface area contributed by atoms with Crippen LogP contribution in [0.2, 0.25) is 0 Å². The van der Waals surface area contributed by atoms with Crippen molar-refractivity contribution in [3.63, 3.8) is 0 Å². The van der Waals surface area contributed by atoms with Crippen molar-refractivity contribution in [2.75, 3.05) is 38.1 Å². The van der Waals surface area contributed by atoms with Gasteiger partial charge in [0, 0.05) is 50.4 Å². The first kappa shape index (κ1) is 23.8. The summed E-state index contributed by atoms with van der Waals surface area (Å²) in [4.78, 5) is 41.7. The van der Waals surface area contributed by atoms with E-state index in [9.17, 15) is 14.0 Å². The highest BCUT2D eigenvalue weighted by Crippen LogP contribution is 2.31. The summed E-state index contributed by atoms with van der Waals surface area (Å²) in [6.45, 7) is 7.69. The lowest BCUT2D eigenvalue weighted by Crippen LogP contribution is -2.50. The van der Waals surface area contributed by atoms with Crippen molar-refractivity contribution in [2.24, 2.45) is 0 Å². The molecule has 0 atom stereocenters. The molecule has 1 amide bonds. The Bertz CT molecular complexity index is 1290. The molecule has 1 aromatic carbocycles. The van der Waals surface area contributed by atoms with Gasteiger partial charge in [0.05, 0.1) is 23.9 Å². The quantitative estimate of drug-likeness (QED) is 0.580. The SMILES string of the molecule is CC(C)N1CCN(C(=O)c2ccc(Nc3ncc(F)c(-c4ccc5c(c4)OCCC5=O)n3)nc2)CC1. The van der Waals surface area contributed by atoms with Crippen LogP contribution >= 0.6 is 0 Å². The zero-order chi connectivity index (χ0) is 25.2. The van der Waals surface area contributed by atoms with Crippen LogP contribution in [0.3, 0.4) is 0 Å². The van der Waals surface area contributed by atoms with Gasteiger partial charge >= 0.3 is 0 Å². The van der Waals surface area contributed by atoms with Crippen LogP contribution in [0.5, 0.6) is 5.75 Å². The number of hydrogen-bond donors (Lipinski definition) is 1. The largest absolute Gasteiger partial charge is 0.492 e. The Labute approximate surface area is 208 Å². The molecule has 2 aliphatic heterocycles. The van der Waals surface area contributed by atoms with Crippen LogP contribution in [0.15, 0.2) is 42.7 Å². The van der Waals surface area contributed by atoms with Crippen LogP contribution in [0.1, 0.15) is 41.0 Å². The van der Waals surface area contributed by atoms with Gasteiger partial charge in [0.15, 0.2) is 11.6 Å². The minimum absolute atomic E-state index is 0.000801. The molecule has 2 aromatic heterocycles. The molecule has 1 N–H and O–H groups in total. The second kappa shape index (κ2) is 9.98. The predicted octanol–water partition coefficient (Wildman–Crippen LogP) is 3.55. The smallest absolute Gasteiger partial charge is 0.255 e. The summed E-state index contributed by atoms with van der Waals surface area (Å²) >= 11 is 0. The molecule has 4 heterocycles. The zero-order valence-electron chi connectivity index (χ0n) is 20.2. The van der Waals surface area contributed by atoms with Gasteiger partial charge in [-0.2, -0.15) is 0 Å². The number of amides is 1. The van der Waals surface area contributed by atoms with Crippen molar-refractivity contribution in [1.29, 1.82) is 0 Å². The van der Waals surface area contributed by atoms with Crippen molar-refractivity contribution < 1.29 is 18.7 Å². The van der Waals surface area contributed by atoms with Gasteiger partial charge in [-0.15, -0.1) is 0 Å². The number of piperazine rings is 1. The molecule has 1 saturated heterocycles. The van der Waals surface area contributed by atoms with E-state index in [4.69, 9.17) is 4.74 Å². The number of benzene rings is 1. The number of halogens is 1. The first-order valence-corrected chi connectivity index (χ1v) is 12.0. The normalized spacial score (nSPS) is 16.0. The summed E-state index contributed by atoms with van der Waals surface area (Å²) in [5.74, 6) is 0.341. The number of carbonyl (C=O) groups excluding carboxylic acids is 2. The lowest BCUT2D eigenvalue weighted by atomic mass is 10.0. The molecule has 5 rings (SSSR count). The van der Waals surface area contributed by atoms with Crippen LogP contribution in [0.25, 0.3) is 11.3 Å². The Hall–Kier alpha value is -3.92. The van der Waals surface area contributed by atoms with Crippen LogP contribution < -0.4 is 10.1 Å². The molecule has 0 bridgehead atoms. The van der Waals surface area contributed by atoms with Crippen molar-refractivity contribution in [3.8, 4) is 17.0 Å². The number of ketones is 1. The Kier molecular flexibility index (Phi) is 6.60. The van der Waals surface area contributed by atoms with Gasteiger partial charge in [0.2, 0.25) is 5.95 Å². The van der Waals surface area contributed by atoms with Crippen molar-refractivity contribution in [2.45, 2.75) is 26.3 Å². The van der Waals surface area contributed by atoms with Crippen LogP contribution in [0.4, 0.5) is 16.2 Å². The Balaban J connectivity index is 1.28. The number of Topliss-reactive ketones (excluding diaryl/α,β-unsaturated/α-hetero) is 1. The summed E-state index contributed by atoms with van der Waals surface area (Å²) in [6.07, 6.45) is 2.92.